The Morgan fingerprint density at radius 3 is 2.67 bits per heavy atom. The Labute approximate surface area is 143 Å². The van der Waals surface area contributed by atoms with Gasteiger partial charge in [-0.2, -0.15) is 5.26 Å². The molecule has 0 fully saturated rings. The lowest BCUT2D eigenvalue weighted by Crippen LogP contribution is -2.21. The Bertz CT molecular complexity index is 1020. The van der Waals surface area contributed by atoms with E-state index in [0.29, 0.717) is 16.3 Å². The third-order valence-electron chi connectivity index (χ3n) is 4.16. The molecule has 0 bridgehead atoms. The Morgan fingerprint density at radius 2 is 1.92 bits per heavy atom. The Balaban J connectivity index is 2.00. The summed E-state index contributed by atoms with van der Waals surface area (Å²) >= 11 is 5.99. The van der Waals surface area contributed by atoms with Crippen molar-refractivity contribution in [1.29, 1.82) is 5.26 Å². The zero-order chi connectivity index (χ0) is 16.7. The van der Waals surface area contributed by atoms with Crippen LogP contribution in [0.2, 0.25) is 5.02 Å². The predicted octanol–water partition coefficient (Wildman–Crippen LogP) is 4.11. The third kappa shape index (κ3) is 2.18. The molecule has 0 saturated heterocycles. The van der Waals surface area contributed by atoms with Crippen LogP contribution in [-0.2, 0) is 0 Å². The molecule has 0 radical (unpaired) electrons. The van der Waals surface area contributed by atoms with Crippen LogP contribution in [0.15, 0.2) is 66.2 Å². The zero-order valence-electron chi connectivity index (χ0n) is 12.5. The summed E-state index contributed by atoms with van der Waals surface area (Å²) in [5.74, 6) is 0.412. The largest absolute Gasteiger partial charge is 0.438 e. The number of pyridine rings is 1. The van der Waals surface area contributed by atoms with Crippen LogP contribution >= 0.6 is 11.6 Å². The fourth-order valence-electron chi connectivity index (χ4n) is 3.05. The van der Waals surface area contributed by atoms with Gasteiger partial charge in [0.2, 0.25) is 5.88 Å². The van der Waals surface area contributed by atoms with E-state index in [9.17, 15) is 5.26 Å². The Morgan fingerprint density at radius 1 is 1.12 bits per heavy atom. The highest BCUT2D eigenvalue weighted by atomic mass is 35.5. The summed E-state index contributed by atoms with van der Waals surface area (Å²) < 4.78 is 5.77. The smallest absolute Gasteiger partial charge is 0.205 e. The SMILES string of the molecule is N#CC1=C(N)Oc2c(ccc3cccnc23)[C@H]1c1ccc(Cl)cc1. The summed E-state index contributed by atoms with van der Waals surface area (Å²) in [6, 6.07) is 17.3. The lowest BCUT2D eigenvalue weighted by molar-refractivity contribution is 0.397. The van der Waals surface area contributed by atoms with E-state index in [1.54, 1.807) is 18.3 Å². The zero-order valence-corrected chi connectivity index (χ0v) is 13.3. The second-order valence-electron chi connectivity index (χ2n) is 5.54. The minimum atomic E-state index is -0.303. The maximum atomic E-state index is 9.58. The van der Waals surface area contributed by atoms with Gasteiger partial charge in [-0.3, -0.25) is 4.98 Å². The highest BCUT2D eigenvalue weighted by molar-refractivity contribution is 6.30. The summed E-state index contributed by atoms with van der Waals surface area (Å²) in [7, 11) is 0. The molecule has 0 unspecified atom stereocenters. The van der Waals surface area contributed by atoms with Crippen LogP contribution in [0.25, 0.3) is 10.9 Å². The van der Waals surface area contributed by atoms with Gasteiger partial charge in [-0.15, -0.1) is 0 Å². The first-order valence-electron chi connectivity index (χ1n) is 7.39. The number of nitrogens with zero attached hydrogens (tertiary/aromatic N) is 2. The lowest BCUT2D eigenvalue weighted by Gasteiger charge is -2.27. The van der Waals surface area contributed by atoms with Crippen molar-refractivity contribution >= 4 is 22.5 Å². The molecule has 0 amide bonds. The minimum Gasteiger partial charge on any atom is -0.438 e. The molecular formula is C19H12ClN3O. The number of ether oxygens (including phenoxy) is 1. The summed E-state index contributed by atoms with van der Waals surface area (Å²) in [5, 5.41) is 11.2. The number of aromatic nitrogens is 1. The molecule has 5 heteroatoms. The van der Waals surface area contributed by atoms with E-state index >= 15 is 0 Å². The molecule has 0 aliphatic carbocycles. The first-order valence-corrected chi connectivity index (χ1v) is 7.77. The molecular weight excluding hydrogens is 322 g/mol. The summed E-state index contributed by atoms with van der Waals surface area (Å²) in [5.41, 5.74) is 8.95. The normalized spacial score (nSPS) is 16.4. The molecule has 1 aliphatic rings. The second-order valence-corrected chi connectivity index (χ2v) is 5.97. The average Bonchev–Trinajstić information content (AvgIpc) is 2.61. The van der Waals surface area contributed by atoms with E-state index in [0.717, 1.165) is 22.0 Å². The maximum Gasteiger partial charge on any atom is 0.205 e. The van der Waals surface area contributed by atoms with E-state index in [1.807, 2.05) is 36.4 Å². The number of hydrogen-bond donors (Lipinski definition) is 1. The first kappa shape index (κ1) is 14.6. The first-order chi connectivity index (χ1) is 11.7. The standard InChI is InChI=1S/C19H12ClN3O/c20-13-6-3-11(4-7-13)16-14-8-5-12-2-1-9-23-17(12)18(14)24-19(22)15(16)10-21/h1-9,16H,22H2/t16-/m1/s1. The number of nitriles is 1. The number of hydrogen-bond acceptors (Lipinski definition) is 4. The number of fused-ring (bicyclic) bond motifs is 3. The van der Waals surface area contributed by atoms with Crippen molar-refractivity contribution in [1.82, 2.24) is 4.98 Å². The predicted molar refractivity (Wildman–Crippen MR) is 92.5 cm³/mol. The van der Waals surface area contributed by atoms with Gasteiger partial charge in [-0.05, 0) is 23.8 Å². The van der Waals surface area contributed by atoms with Crippen molar-refractivity contribution in [3.05, 3.63) is 82.3 Å². The average molecular weight is 334 g/mol. The van der Waals surface area contributed by atoms with Crippen molar-refractivity contribution in [3.8, 4) is 11.8 Å². The number of halogens is 1. The van der Waals surface area contributed by atoms with Crippen LogP contribution in [0.5, 0.6) is 5.75 Å². The molecule has 1 atom stereocenters. The van der Waals surface area contributed by atoms with Crippen molar-refractivity contribution in [3.63, 3.8) is 0 Å². The molecule has 1 aromatic heterocycles. The minimum absolute atomic E-state index is 0.114. The van der Waals surface area contributed by atoms with Crippen molar-refractivity contribution in [2.24, 2.45) is 5.73 Å². The van der Waals surface area contributed by atoms with Gasteiger partial charge >= 0.3 is 0 Å². The molecule has 3 aromatic rings. The quantitative estimate of drug-likeness (QED) is 0.727. The van der Waals surface area contributed by atoms with Gasteiger partial charge in [0.1, 0.15) is 17.2 Å². The molecule has 24 heavy (non-hydrogen) atoms. The van der Waals surface area contributed by atoms with Crippen molar-refractivity contribution in [2.75, 3.05) is 0 Å². The molecule has 116 valence electrons. The fourth-order valence-corrected chi connectivity index (χ4v) is 3.18. The van der Waals surface area contributed by atoms with Crippen LogP contribution in [0, 0.1) is 11.3 Å². The summed E-state index contributed by atoms with van der Waals surface area (Å²) in [6.07, 6.45) is 1.71. The lowest BCUT2D eigenvalue weighted by atomic mass is 9.83. The van der Waals surface area contributed by atoms with Crippen LogP contribution in [0.1, 0.15) is 17.0 Å². The van der Waals surface area contributed by atoms with Gasteiger partial charge in [0, 0.05) is 22.2 Å². The topological polar surface area (TPSA) is 71.9 Å². The van der Waals surface area contributed by atoms with E-state index in [-0.39, 0.29) is 11.8 Å². The van der Waals surface area contributed by atoms with Crippen molar-refractivity contribution < 1.29 is 4.74 Å². The fraction of sp³-hybridized carbons (Fsp3) is 0.0526. The van der Waals surface area contributed by atoms with E-state index in [2.05, 4.69) is 11.1 Å². The molecule has 0 spiro atoms. The van der Waals surface area contributed by atoms with Gasteiger partial charge in [0.15, 0.2) is 5.75 Å². The van der Waals surface area contributed by atoms with Crippen LogP contribution < -0.4 is 10.5 Å². The van der Waals surface area contributed by atoms with Gasteiger partial charge in [-0.25, -0.2) is 0 Å². The van der Waals surface area contributed by atoms with Gasteiger partial charge in [0.25, 0.3) is 0 Å². The number of benzene rings is 2. The van der Waals surface area contributed by atoms with Crippen LogP contribution in [0.4, 0.5) is 0 Å². The van der Waals surface area contributed by atoms with Gasteiger partial charge < -0.3 is 10.5 Å². The maximum absolute atomic E-state index is 9.58. The number of allylic oxidation sites excluding steroid dienone is 1. The van der Waals surface area contributed by atoms with E-state index < -0.39 is 0 Å². The van der Waals surface area contributed by atoms with Gasteiger partial charge in [-0.1, -0.05) is 41.9 Å². The molecule has 4 rings (SSSR count). The van der Waals surface area contributed by atoms with Crippen LogP contribution in [-0.4, -0.2) is 4.98 Å². The third-order valence-corrected chi connectivity index (χ3v) is 4.41. The Hall–Kier alpha value is -3.03. The molecule has 2 heterocycles. The van der Waals surface area contributed by atoms with Crippen molar-refractivity contribution in [2.45, 2.75) is 5.92 Å². The molecule has 1 aliphatic heterocycles. The molecule has 2 N–H and O–H groups in total. The summed E-state index contributed by atoms with van der Waals surface area (Å²) in [6.45, 7) is 0. The molecule has 0 saturated carbocycles. The molecule has 4 nitrogen and oxygen atoms in total. The second kappa shape index (κ2) is 5.55. The van der Waals surface area contributed by atoms with Crippen LogP contribution in [0.3, 0.4) is 0 Å². The van der Waals surface area contributed by atoms with E-state index in [1.165, 1.54) is 0 Å². The highest BCUT2D eigenvalue weighted by Gasteiger charge is 2.31. The molecule has 2 aromatic carbocycles. The Kier molecular flexibility index (Phi) is 3.37. The number of rotatable bonds is 1. The van der Waals surface area contributed by atoms with E-state index in [4.69, 9.17) is 22.1 Å². The monoisotopic (exact) mass is 333 g/mol. The highest BCUT2D eigenvalue weighted by Crippen LogP contribution is 2.44. The van der Waals surface area contributed by atoms with Gasteiger partial charge in [0.05, 0.1) is 5.92 Å². The summed E-state index contributed by atoms with van der Waals surface area (Å²) in [4.78, 5) is 4.41. The number of nitrogens with two attached hydrogens (primary N) is 1.